The molecule has 0 aliphatic heterocycles. The first-order valence-corrected chi connectivity index (χ1v) is 16.4. The second kappa shape index (κ2) is 10.9. The zero-order valence-electron chi connectivity index (χ0n) is 26.5. The van der Waals surface area contributed by atoms with Gasteiger partial charge in [-0.1, -0.05) is 132 Å². The van der Waals surface area contributed by atoms with E-state index in [0.717, 1.165) is 0 Å². The average Bonchev–Trinajstić information content (AvgIpc) is 3.43. The Morgan fingerprint density at radius 2 is 0.787 bits per heavy atom. The fourth-order valence-corrected chi connectivity index (χ4v) is 7.52. The first-order valence-electron chi connectivity index (χ1n) is 16.4. The largest absolute Gasteiger partial charge is 0.309 e. The van der Waals surface area contributed by atoms with Crippen LogP contribution in [0.2, 0.25) is 0 Å². The molecule has 0 aliphatic rings. The minimum absolute atomic E-state index is 1.17. The van der Waals surface area contributed by atoms with Crippen LogP contribution in [0.3, 0.4) is 0 Å². The number of aromatic nitrogens is 1. The highest BCUT2D eigenvalue weighted by molar-refractivity contribution is 6.22. The van der Waals surface area contributed by atoms with Gasteiger partial charge in [-0.05, 0) is 111 Å². The average molecular weight is 600 g/mol. The van der Waals surface area contributed by atoms with E-state index in [1.165, 1.54) is 93.5 Å². The lowest BCUT2D eigenvalue weighted by Gasteiger charge is -2.19. The molecule has 8 aromatic carbocycles. The summed E-state index contributed by atoms with van der Waals surface area (Å²) in [5.41, 5.74) is 13.7. The molecule has 0 bridgehead atoms. The summed E-state index contributed by atoms with van der Waals surface area (Å²) >= 11 is 0. The molecule has 9 rings (SSSR count). The van der Waals surface area contributed by atoms with E-state index in [-0.39, 0.29) is 0 Å². The van der Waals surface area contributed by atoms with Crippen molar-refractivity contribution in [1.82, 2.24) is 4.57 Å². The fourth-order valence-electron chi connectivity index (χ4n) is 7.52. The molecule has 0 radical (unpaired) electrons. The van der Waals surface area contributed by atoms with Crippen LogP contribution in [0.5, 0.6) is 0 Å². The van der Waals surface area contributed by atoms with Gasteiger partial charge in [-0.25, -0.2) is 0 Å². The van der Waals surface area contributed by atoms with E-state index in [2.05, 4.69) is 182 Å². The van der Waals surface area contributed by atoms with Gasteiger partial charge < -0.3 is 4.57 Å². The van der Waals surface area contributed by atoms with Crippen molar-refractivity contribution in [2.45, 2.75) is 13.8 Å². The summed E-state index contributed by atoms with van der Waals surface area (Å²) in [6, 6.07) is 60.2. The molecule has 1 nitrogen and oxygen atoms in total. The molecule has 0 aliphatic carbocycles. The van der Waals surface area contributed by atoms with E-state index in [9.17, 15) is 0 Å². The van der Waals surface area contributed by atoms with Gasteiger partial charge in [0.15, 0.2) is 0 Å². The van der Waals surface area contributed by atoms with Gasteiger partial charge in [0, 0.05) is 16.5 Å². The molecule has 9 aromatic rings. The van der Waals surface area contributed by atoms with Crippen LogP contribution in [0.4, 0.5) is 0 Å². The Kier molecular flexibility index (Phi) is 6.33. The van der Waals surface area contributed by atoms with Gasteiger partial charge in [0.05, 0.1) is 11.0 Å². The summed E-state index contributed by atoms with van der Waals surface area (Å²) in [6.45, 7) is 4.34. The third-order valence-corrected chi connectivity index (χ3v) is 9.68. The summed E-state index contributed by atoms with van der Waals surface area (Å²) in [4.78, 5) is 0. The smallest absolute Gasteiger partial charge is 0.0541 e. The van der Waals surface area contributed by atoms with Crippen LogP contribution in [0.1, 0.15) is 11.1 Å². The second-order valence-electron chi connectivity index (χ2n) is 12.7. The SMILES string of the molecule is Cc1ccc2c(c1)c1cc(C)ccc1n2-c1ccc(-c2ccc3c(-c4ccccc4)c4ccccc4c(-c4ccccc4)c3c2)cc1. The highest BCUT2D eigenvalue weighted by Crippen LogP contribution is 2.45. The molecule has 0 spiro atoms. The topological polar surface area (TPSA) is 4.93 Å². The number of benzene rings is 8. The molecule has 0 saturated heterocycles. The van der Waals surface area contributed by atoms with E-state index < -0.39 is 0 Å². The normalized spacial score (nSPS) is 11.6. The maximum Gasteiger partial charge on any atom is 0.0541 e. The molecule has 222 valence electrons. The Morgan fingerprint density at radius 1 is 0.319 bits per heavy atom. The highest BCUT2D eigenvalue weighted by Gasteiger charge is 2.18. The summed E-state index contributed by atoms with van der Waals surface area (Å²) in [5, 5.41) is 7.69. The van der Waals surface area contributed by atoms with Gasteiger partial charge in [-0.3, -0.25) is 0 Å². The first-order chi connectivity index (χ1) is 23.1. The summed E-state index contributed by atoms with van der Waals surface area (Å²) in [5.74, 6) is 0. The van der Waals surface area contributed by atoms with E-state index in [1.807, 2.05) is 0 Å². The van der Waals surface area contributed by atoms with Crippen LogP contribution >= 0.6 is 0 Å². The van der Waals surface area contributed by atoms with Crippen molar-refractivity contribution < 1.29 is 0 Å². The monoisotopic (exact) mass is 599 g/mol. The quantitative estimate of drug-likeness (QED) is 0.177. The Hall–Kier alpha value is -5.92. The van der Waals surface area contributed by atoms with Crippen molar-refractivity contribution in [1.29, 1.82) is 0 Å². The van der Waals surface area contributed by atoms with Gasteiger partial charge in [-0.2, -0.15) is 0 Å². The number of hydrogen-bond acceptors (Lipinski definition) is 0. The van der Waals surface area contributed by atoms with Crippen molar-refractivity contribution in [3.63, 3.8) is 0 Å². The molecule has 0 N–H and O–H groups in total. The van der Waals surface area contributed by atoms with Gasteiger partial charge >= 0.3 is 0 Å². The van der Waals surface area contributed by atoms with E-state index in [1.54, 1.807) is 0 Å². The molecular weight excluding hydrogens is 567 g/mol. The molecule has 1 heteroatoms. The summed E-state index contributed by atoms with van der Waals surface area (Å²) in [6.07, 6.45) is 0. The molecule has 47 heavy (non-hydrogen) atoms. The fraction of sp³-hybridized carbons (Fsp3) is 0.0435. The van der Waals surface area contributed by atoms with Crippen LogP contribution in [-0.4, -0.2) is 4.57 Å². The second-order valence-corrected chi connectivity index (χ2v) is 12.7. The Balaban J connectivity index is 1.25. The zero-order valence-corrected chi connectivity index (χ0v) is 26.5. The van der Waals surface area contributed by atoms with Crippen LogP contribution < -0.4 is 0 Å². The lowest BCUT2D eigenvalue weighted by molar-refractivity contribution is 1.18. The standard InChI is InChI=1S/C46H33N/c1-30-17-25-43-40(27-30)41-28-31(2)18-26-44(41)47(43)36-22-19-32(20-23-36)35-21-24-39-42(29-35)46(34-13-7-4-8-14-34)38-16-10-9-15-37(38)45(39)33-11-5-3-6-12-33/h3-29H,1-2H3. The Morgan fingerprint density at radius 3 is 1.34 bits per heavy atom. The van der Waals surface area contributed by atoms with Crippen molar-refractivity contribution >= 4 is 43.4 Å². The lowest BCUT2D eigenvalue weighted by Crippen LogP contribution is -1.94. The van der Waals surface area contributed by atoms with E-state index in [4.69, 9.17) is 0 Å². The van der Waals surface area contributed by atoms with Crippen LogP contribution in [-0.2, 0) is 0 Å². The maximum absolute atomic E-state index is 2.40. The number of fused-ring (bicyclic) bond motifs is 5. The van der Waals surface area contributed by atoms with Gasteiger partial charge in [0.2, 0.25) is 0 Å². The van der Waals surface area contributed by atoms with Crippen LogP contribution in [0, 0.1) is 13.8 Å². The number of nitrogens with zero attached hydrogens (tertiary/aromatic N) is 1. The van der Waals surface area contributed by atoms with Gasteiger partial charge in [0.25, 0.3) is 0 Å². The lowest BCUT2D eigenvalue weighted by atomic mass is 9.85. The predicted molar refractivity (Wildman–Crippen MR) is 202 cm³/mol. The molecule has 0 unspecified atom stereocenters. The molecular formula is C46H33N. The highest BCUT2D eigenvalue weighted by atomic mass is 15.0. The third kappa shape index (κ3) is 4.47. The number of aryl methyl sites for hydroxylation is 2. The molecule has 1 heterocycles. The molecule has 0 amide bonds. The van der Waals surface area contributed by atoms with Gasteiger partial charge in [-0.15, -0.1) is 0 Å². The van der Waals surface area contributed by atoms with E-state index in [0.29, 0.717) is 0 Å². The van der Waals surface area contributed by atoms with Crippen LogP contribution in [0.15, 0.2) is 164 Å². The molecule has 0 atom stereocenters. The maximum atomic E-state index is 2.40. The Labute approximate surface area is 275 Å². The zero-order chi connectivity index (χ0) is 31.5. The number of rotatable bonds is 4. The number of hydrogen-bond donors (Lipinski definition) is 0. The molecule has 0 fully saturated rings. The third-order valence-electron chi connectivity index (χ3n) is 9.68. The van der Waals surface area contributed by atoms with Crippen molar-refractivity contribution in [2.24, 2.45) is 0 Å². The minimum Gasteiger partial charge on any atom is -0.309 e. The van der Waals surface area contributed by atoms with E-state index >= 15 is 0 Å². The van der Waals surface area contributed by atoms with Crippen molar-refractivity contribution in [3.8, 4) is 39.1 Å². The Bertz CT molecular complexity index is 2550. The predicted octanol–water partition coefficient (Wildman–Crippen LogP) is 12.7. The van der Waals surface area contributed by atoms with Crippen LogP contribution in [0.25, 0.3) is 82.4 Å². The molecule has 0 saturated carbocycles. The first kappa shape index (κ1) is 27.4. The van der Waals surface area contributed by atoms with Crippen molar-refractivity contribution in [2.75, 3.05) is 0 Å². The minimum atomic E-state index is 1.17. The van der Waals surface area contributed by atoms with Crippen molar-refractivity contribution in [3.05, 3.63) is 175 Å². The van der Waals surface area contributed by atoms with Gasteiger partial charge in [0.1, 0.15) is 0 Å². The molecule has 1 aromatic heterocycles. The summed E-state index contributed by atoms with van der Waals surface area (Å²) in [7, 11) is 0. The summed E-state index contributed by atoms with van der Waals surface area (Å²) < 4.78 is 2.40.